The van der Waals surface area contributed by atoms with E-state index in [0.29, 0.717) is 19.2 Å². The minimum atomic E-state index is -0.161. The van der Waals surface area contributed by atoms with Gasteiger partial charge in [-0.1, -0.05) is 0 Å². The second kappa shape index (κ2) is 5.42. The fraction of sp³-hybridized carbons (Fsp3) is 0.533. The highest BCUT2D eigenvalue weighted by Gasteiger charge is 2.36. The minimum Gasteiger partial charge on any atom is -0.508 e. The van der Waals surface area contributed by atoms with Gasteiger partial charge >= 0.3 is 0 Å². The van der Waals surface area contributed by atoms with E-state index in [2.05, 4.69) is 4.90 Å². The molecule has 0 amide bonds. The summed E-state index contributed by atoms with van der Waals surface area (Å²) in [6, 6.07) is 4.42. The number of hydrogen-bond acceptors (Lipinski definition) is 5. The molecule has 1 aromatic rings. The summed E-state index contributed by atoms with van der Waals surface area (Å²) in [4.78, 5) is 14.5. The highest BCUT2D eigenvalue weighted by Crippen LogP contribution is 2.30. The van der Waals surface area contributed by atoms with Crippen molar-refractivity contribution in [1.82, 2.24) is 4.90 Å². The molecule has 5 nitrogen and oxygen atoms in total. The number of nitrogens with zero attached hydrogens (tertiary/aromatic N) is 1. The molecule has 3 rings (SSSR count). The van der Waals surface area contributed by atoms with Gasteiger partial charge in [0.2, 0.25) is 0 Å². The van der Waals surface area contributed by atoms with Crippen LogP contribution in [0.2, 0.25) is 0 Å². The number of carbonyl (C=O) groups excluding carboxylic acids is 1. The summed E-state index contributed by atoms with van der Waals surface area (Å²) in [5.74, 6) is -0.317. The van der Waals surface area contributed by atoms with Crippen molar-refractivity contribution >= 4 is 5.78 Å². The Morgan fingerprint density at radius 2 is 2.20 bits per heavy atom. The minimum absolute atomic E-state index is 0.0405. The maximum atomic E-state index is 12.3. The monoisotopic (exact) mass is 277 g/mol. The lowest BCUT2D eigenvalue weighted by atomic mass is 10.1. The molecule has 2 N–H and O–H groups in total. The molecule has 2 fully saturated rings. The van der Waals surface area contributed by atoms with E-state index in [4.69, 9.17) is 4.74 Å². The van der Waals surface area contributed by atoms with Crippen LogP contribution in [-0.4, -0.2) is 52.7 Å². The molecule has 1 aromatic carbocycles. The van der Waals surface area contributed by atoms with Crippen LogP contribution in [0.1, 0.15) is 29.6 Å². The van der Waals surface area contributed by atoms with Crippen LogP contribution < -0.4 is 0 Å². The molecule has 1 saturated heterocycles. The average molecular weight is 277 g/mol. The first-order chi connectivity index (χ1) is 9.65. The lowest BCUT2D eigenvalue weighted by molar-refractivity contribution is -0.0522. The number of phenolic OH excluding ortho intramolecular Hbond substituents is 2. The summed E-state index contributed by atoms with van der Waals surface area (Å²) in [5.41, 5.74) is 0.267. The van der Waals surface area contributed by atoms with Crippen LogP contribution in [0.25, 0.3) is 0 Å². The first-order valence-corrected chi connectivity index (χ1v) is 7.06. The van der Waals surface area contributed by atoms with E-state index in [1.807, 2.05) is 0 Å². The zero-order chi connectivity index (χ0) is 14.1. The van der Waals surface area contributed by atoms with Crippen molar-refractivity contribution in [1.29, 1.82) is 0 Å². The maximum Gasteiger partial charge on any atom is 0.180 e. The molecule has 2 atom stereocenters. The molecule has 2 aliphatic rings. The van der Waals surface area contributed by atoms with Crippen molar-refractivity contribution in [2.75, 3.05) is 19.7 Å². The Morgan fingerprint density at radius 1 is 1.35 bits per heavy atom. The second-order valence-corrected chi connectivity index (χ2v) is 5.50. The van der Waals surface area contributed by atoms with Crippen molar-refractivity contribution in [3.63, 3.8) is 0 Å². The molecule has 0 radical (unpaired) electrons. The van der Waals surface area contributed by atoms with Crippen LogP contribution >= 0.6 is 0 Å². The van der Waals surface area contributed by atoms with Gasteiger partial charge in [0, 0.05) is 18.7 Å². The Morgan fingerprint density at radius 3 is 3.00 bits per heavy atom. The summed E-state index contributed by atoms with van der Waals surface area (Å²) in [6.07, 6.45) is 3.54. The van der Waals surface area contributed by atoms with Crippen molar-refractivity contribution in [2.24, 2.45) is 0 Å². The number of Topliss-reactive ketones (excluding diaryl/α,β-unsaturated/α-hetero) is 1. The third-order valence-corrected chi connectivity index (χ3v) is 4.23. The van der Waals surface area contributed by atoms with Gasteiger partial charge in [-0.15, -0.1) is 0 Å². The molecule has 20 heavy (non-hydrogen) atoms. The average Bonchev–Trinajstić information content (AvgIpc) is 2.87. The predicted octanol–water partition coefficient (Wildman–Crippen LogP) is 1.53. The molecule has 1 saturated carbocycles. The lowest BCUT2D eigenvalue weighted by Gasteiger charge is -2.37. The van der Waals surface area contributed by atoms with Gasteiger partial charge < -0.3 is 14.9 Å². The number of carbonyl (C=O) groups is 1. The maximum absolute atomic E-state index is 12.3. The molecule has 1 aliphatic heterocycles. The fourth-order valence-corrected chi connectivity index (χ4v) is 3.23. The zero-order valence-electron chi connectivity index (χ0n) is 11.3. The summed E-state index contributed by atoms with van der Waals surface area (Å²) in [7, 11) is 0. The van der Waals surface area contributed by atoms with E-state index in [1.54, 1.807) is 0 Å². The Hall–Kier alpha value is -1.59. The summed E-state index contributed by atoms with van der Waals surface area (Å²) in [5, 5.41) is 19.0. The molecule has 108 valence electrons. The van der Waals surface area contributed by atoms with E-state index < -0.39 is 0 Å². The topological polar surface area (TPSA) is 70.0 Å². The van der Waals surface area contributed by atoms with Crippen LogP contribution in [0.3, 0.4) is 0 Å². The number of hydrogen-bond donors (Lipinski definition) is 2. The first-order valence-electron chi connectivity index (χ1n) is 7.06. The molecule has 2 unspecified atom stereocenters. The summed E-state index contributed by atoms with van der Waals surface area (Å²) in [6.45, 7) is 1.71. The SMILES string of the molecule is O=C(CN1CCOC2CCCC21)c1ccc(O)cc1O. The molecular formula is C15H19NO4. The largest absolute Gasteiger partial charge is 0.508 e. The summed E-state index contributed by atoms with van der Waals surface area (Å²) >= 11 is 0. The molecule has 0 aromatic heterocycles. The third-order valence-electron chi connectivity index (χ3n) is 4.23. The van der Waals surface area contributed by atoms with Gasteiger partial charge in [-0.2, -0.15) is 0 Å². The highest BCUT2D eigenvalue weighted by molar-refractivity contribution is 6.00. The Kier molecular flexibility index (Phi) is 3.63. The molecule has 0 spiro atoms. The van der Waals surface area contributed by atoms with Gasteiger partial charge in [-0.3, -0.25) is 9.69 Å². The summed E-state index contributed by atoms with van der Waals surface area (Å²) < 4.78 is 5.72. The number of ether oxygens (including phenoxy) is 1. The number of ketones is 1. The molecule has 5 heteroatoms. The van der Waals surface area contributed by atoms with Crippen molar-refractivity contribution in [2.45, 2.75) is 31.4 Å². The van der Waals surface area contributed by atoms with Crippen molar-refractivity contribution in [3.05, 3.63) is 23.8 Å². The van der Waals surface area contributed by atoms with Crippen LogP contribution in [-0.2, 0) is 4.74 Å². The molecule has 1 aliphatic carbocycles. The zero-order valence-corrected chi connectivity index (χ0v) is 11.3. The number of rotatable bonds is 3. The highest BCUT2D eigenvalue weighted by atomic mass is 16.5. The van der Waals surface area contributed by atoms with Crippen LogP contribution in [0, 0.1) is 0 Å². The van der Waals surface area contributed by atoms with E-state index in [0.717, 1.165) is 25.8 Å². The van der Waals surface area contributed by atoms with E-state index >= 15 is 0 Å². The number of morpholine rings is 1. The van der Waals surface area contributed by atoms with Crippen LogP contribution in [0.4, 0.5) is 0 Å². The fourth-order valence-electron chi connectivity index (χ4n) is 3.23. The first kappa shape index (κ1) is 13.4. The van der Waals surface area contributed by atoms with Crippen molar-refractivity contribution in [3.8, 4) is 11.5 Å². The Balaban J connectivity index is 1.72. The lowest BCUT2D eigenvalue weighted by Crippen LogP contribution is -2.50. The molecule has 1 heterocycles. The van der Waals surface area contributed by atoms with Gasteiger partial charge in [-0.05, 0) is 31.4 Å². The van der Waals surface area contributed by atoms with Crippen LogP contribution in [0.15, 0.2) is 18.2 Å². The van der Waals surface area contributed by atoms with Gasteiger partial charge in [0.25, 0.3) is 0 Å². The number of aromatic hydroxyl groups is 2. The van der Waals surface area contributed by atoms with E-state index in [9.17, 15) is 15.0 Å². The number of fused-ring (bicyclic) bond motifs is 1. The van der Waals surface area contributed by atoms with E-state index in [-0.39, 0.29) is 28.9 Å². The quantitative estimate of drug-likeness (QED) is 0.820. The van der Waals surface area contributed by atoms with Gasteiger partial charge in [0.05, 0.1) is 24.8 Å². The van der Waals surface area contributed by atoms with E-state index in [1.165, 1.54) is 18.2 Å². The smallest absolute Gasteiger partial charge is 0.180 e. The van der Waals surface area contributed by atoms with Crippen molar-refractivity contribution < 1.29 is 19.7 Å². The van der Waals surface area contributed by atoms with Crippen LogP contribution in [0.5, 0.6) is 11.5 Å². The normalized spacial score (nSPS) is 26.4. The van der Waals surface area contributed by atoms with Gasteiger partial charge in [0.15, 0.2) is 5.78 Å². The van der Waals surface area contributed by atoms with Gasteiger partial charge in [-0.25, -0.2) is 0 Å². The Bertz CT molecular complexity index is 517. The van der Waals surface area contributed by atoms with Gasteiger partial charge in [0.1, 0.15) is 11.5 Å². The standard InChI is InChI=1S/C15H19NO4/c17-10-4-5-11(13(18)8-10)14(19)9-16-6-7-20-15-3-1-2-12(15)16/h4-5,8,12,15,17-18H,1-3,6-7,9H2. The number of phenols is 2. The third kappa shape index (κ3) is 2.51. The molecule has 0 bridgehead atoms. The second-order valence-electron chi connectivity index (χ2n) is 5.50. The predicted molar refractivity (Wildman–Crippen MR) is 73.1 cm³/mol. The Labute approximate surface area is 117 Å². The number of benzene rings is 1. The molecular weight excluding hydrogens is 258 g/mol.